The van der Waals surface area contributed by atoms with Crippen molar-refractivity contribution in [3.63, 3.8) is 0 Å². The molecule has 0 aliphatic heterocycles. The molecule has 0 rings (SSSR count). The monoisotopic (exact) mass is 345 g/mol. The maximum atomic E-state index is 11.8. The second-order valence-electron chi connectivity index (χ2n) is 8.47. The van der Waals surface area contributed by atoms with Crippen LogP contribution in [0.3, 0.4) is 0 Å². The van der Waals surface area contributed by atoms with Gasteiger partial charge in [-0.2, -0.15) is 0 Å². The van der Waals surface area contributed by atoms with Crippen LogP contribution in [-0.2, 0) is 9.47 Å². The van der Waals surface area contributed by atoms with Gasteiger partial charge in [-0.3, -0.25) is 0 Å². The highest BCUT2D eigenvalue weighted by atomic mass is 16.6. The Morgan fingerprint density at radius 1 is 0.792 bits per heavy atom. The van der Waals surface area contributed by atoms with E-state index in [0.29, 0.717) is 13.1 Å². The highest BCUT2D eigenvalue weighted by Gasteiger charge is 2.24. The Morgan fingerprint density at radius 3 is 1.79 bits per heavy atom. The average Bonchev–Trinajstić information content (AvgIpc) is 2.27. The van der Waals surface area contributed by atoms with Crippen molar-refractivity contribution in [2.75, 3.05) is 19.6 Å². The van der Waals surface area contributed by atoms with Crippen LogP contribution in [0, 0.1) is 0 Å². The number of carbonyl (C=O) groups is 2. The molecule has 142 valence electrons. The van der Waals surface area contributed by atoms with Gasteiger partial charge in [0.25, 0.3) is 0 Å². The van der Waals surface area contributed by atoms with Gasteiger partial charge in [-0.1, -0.05) is 0 Å². The Hall–Kier alpha value is -1.50. The van der Waals surface area contributed by atoms with Gasteiger partial charge in [0.2, 0.25) is 0 Å². The SMILES string of the molecule is CC(C)(CNCCCNC(=O)OC(C)(C)C)NC(=O)OC(C)(C)C. The van der Waals surface area contributed by atoms with Crippen molar-refractivity contribution >= 4 is 12.2 Å². The average molecular weight is 345 g/mol. The van der Waals surface area contributed by atoms with Gasteiger partial charge in [0, 0.05) is 13.1 Å². The van der Waals surface area contributed by atoms with Crippen LogP contribution in [0.1, 0.15) is 61.8 Å². The molecule has 0 aromatic carbocycles. The van der Waals surface area contributed by atoms with E-state index in [9.17, 15) is 9.59 Å². The summed E-state index contributed by atoms with van der Waals surface area (Å²) in [6, 6.07) is 0. The normalized spacial score (nSPS) is 12.5. The van der Waals surface area contributed by atoms with E-state index in [1.54, 1.807) is 0 Å². The number of amides is 2. The van der Waals surface area contributed by atoms with Crippen LogP contribution in [0.2, 0.25) is 0 Å². The van der Waals surface area contributed by atoms with E-state index < -0.39 is 28.9 Å². The van der Waals surface area contributed by atoms with Crippen LogP contribution < -0.4 is 16.0 Å². The number of carbonyl (C=O) groups excluding carboxylic acids is 2. The van der Waals surface area contributed by atoms with E-state index >= 15 is 0 Å². The van der Waals surface area contributed by atoms with E-state index in [4.69, 9.17) is 9.47 Å². The lowest BCUT2D eigenvalue weighted by Gasteiger charge is -2.29. The Kier molecular flexibility index (Phi) is 8.54. The second-order valence-corrected chi connectivity index (χ2v) is 8.47. The van der Waals surface area contributed by atoms with Gasteiger partial charge < -0.3 is 25.4 Å². The number of rotatable bonds is 7. The summed E-state index contributed by atoms with van der Waals surface area (Å²) < 4.78 is 10.4. The molecular weight excluding hydrogens is 310 g/mol. The van der Waals surface area contributed by atoms with Gasteiger partial charge in [-0.05, 0) is 68.4 Å². The number of nitrogens with one attached hydrogen (secondary N) is 3. The molecule has 0 saturated carbocycles. The zero-order valence-corrected chi connectivity index (χ0v) is 16.5. The lowest BCUT2D eigenvalue weighted by molar-refractivity contribution is 0.0468. The highest BCUT2D eigenvalue weighted by molar-refractivity contribution is 5.68. The first-order valence-corrected chi connectivity index (χ1v) is 8.39. The number of hydrogen-bond donors (Lipinski definition) is 3. The molecule has 0 heterocycles. The summed E-state index contributed by atoms with van der Waals surface area (Å²) in [7, 11) is 0. The minimum atomic E-state index is -0.513. The minimum absolute atomic E-state index is 0.408. The summed E-state index contributed by atoms with van der Waals surface area (Å²) in [6.07, 6.45) is -0.0720. The van der Waals surface area contributed by atoms with Gasteiger partial charge in [-0.25, -0.2) is 9.59 Å². The van der Waals surface area contributed by atoms with Gasteiger partial charge in [0.1, 0.15) is 11.2 Å². The molecule has 7 nitrogen and oxygen atoms in total. The Balaban J connectivity index is 3.86. The predicted molar refractivity (Wildman–Crippen MR) is 95.2 cm³/mol. The molecule has 0 atom stereocenters. The van der Waals surface area contributed by atoms with E-state index in [1.807, 2.05) is 55.4 Å². The van der Waals surface area contributed by atoms with Crippen molar-refractivity contribution in [3.05, 3.63) is 0 Å². The Morgan fingerprint density at radius 2 is 1.29 bits per heavy atom. The van der Waals surface area contributed by atoms with E-state index in [2.05, 4.69) is 16.0 Å². The van der Waals surface area contributed by atoms with Crippen molar-refractivity contribution in [3.8, 4) is 0 Å². The summed E-state index contributed by atoms with van der Waals surface area (Å²) in [5, 5.41) is 8.79. The fourth-order valence-electron chi connectivity index (χ4n) is 1.74. The summed E-state index contributed by atoms with van der Waals surface area (Å²) in [5.74, 6) is 0. The summed E-state index contributed by atoms with van der Waals surface area (Å²) >= 11 is 0. The van der Waals surface area contributed by atoms with Crippen LogP contribution in [0.5, 0.6) is 0 Å². The largest absolute Gasteiger partial charge is 0.444 e. The molecule has 3 N–H and O–H groups in total. The van der Waals surface area contributed by atoms with Gasteiger partial charge >= 0.3 is 12.2 Å². The molecule has 0 fully saturated rings. The fraction of sp³-hybridized carbons (Fsp3) is 0.882. The Labute approximate surface area is 146 Å². The van der Waals surface area contributed by atoms with E-state index in [-0.39, 0.29) is 0 Å². The van der Waals surface area contributed by atoms with E-state index in [1.165, 1.54) is 0 Å². The van der Waals surface area contributed by atoms with Crippen molar-refractivity contribution in [1.29, 1.82) is 0 Å². The smallest absolute Gasteiger partial charge is 0.408 e. The third-order valence-electron chi connectivity index (χ3n) is 2.60. The lowest BCUT2D eigenvalue weighted by Crippen LogP contribution is -2.51. The predicted octanol–water partition coefficient (Wildman–Crippen LogP) is 2.79. The minimum Gasteiger partial charge on any atom is -0.444 e. The van der Waals surface area contributed by atoms with E-state index in [0.717, 1.165) is 13.0 Å². The molecule has 0 radical (unpaired) electrons. The topological polar surface area (TPSA) is 88.7 Å². The number of ether oxygens (including phenoxy) is 2. The van der Waals surface area contributed by atoms with Crippen LogP contribution in [-0.4, -0.2) is 48.6 Å². The van der Waals surface area contributed by atoms with Gasteiger partial charge in [-0.15, -0.1) is 0 Å². The molecule has 2 amide bonds. The maximum Gasteiger partial charge on any atom is 0.408 e. The van der Waals surface area contributed by atoms with Crippen LogP contribution in [0.25, 0.3) is 0 Å². The van der Waals surface area contributed by atoms with Crippen LogP contribution >= 0.6 is 0 Å². The molecule has 0 aromatic heterocycles. The molecule has 24 heavy (non-hydrogen) atoms. The molecule has 7 heteroatoms. The third kappa shape index (κ3) is 14.1. The van der Waals surface area contributed by atoms with Gasteiger partial charge in [0.05, 0.1) is 5.54 Å². The summed E-state index contributed by atoms with van der Waals surface area (Å²) in [4.78, 5) is 23.2. The Bertz CT molecular complexity index is 409. The van der Waals surface area contributed by atoms with Gasteiger partial charge in [0.15, 0.2) is 0 Å². The maximum absolute atomic E-state index is 11.8. The van der Waals surface area contributed by atoms with Crippen molar-refractivity contribution in [2.45, 2.75) is 78.6 Å². The highest BCUT2D eigenvalue weighted by Crippen LogP contribution is 2.09. The van der Waals surface area contributed by atoms with Crippen LogP contribution in [0.15, 0.2) is 0 Å². The van der Waals surface area contributed by atoms with Crippen LogP contribution in [0.4, 0.5) is 9.59 Å². The number of hydrogen-bond acceptors (Lipinski definition) is 5. The second kappa shape index (κ2) is 9.11. The molecule has 0 unspecified atom stereocenters. The molecule has 0 spiro atoms. The third-order valence-corrected chi connectivity index (χ3v) is 2.60. The summed E-state index contributed by atoms with van der Waals surface area (Å²) in [5.41, 5.74) is -1.43. The summed E-state index contributed by atoms with van der Waals surface area (Å²) in [6.45, 7) is 16.7. The molecular formula is C17H35N3O4. The molecule has 0 aliphatic rings. The van der Waals surface area contributed by atoms with Crippen molar-refractivity contribution in [2.24, 2.45) is 0 Å². The number of alkyl carbamates (subject to hydrolysis) is 2. The van der Waals surface area contributed by atoms with Crippen molar-refractivity contribution < 1.29 is 19.1 Å². The standard InChI is InChI=1S/C17H35N3O4/c1-15(2,3)23-13(21)19-11-9-10-18-12-17(7,8)20-14(22)24-16(4,5)6/h18H,9-12H2,1-8H3,(H,19,21)(H,20,22). The first kappa shape index (κ1) is 22.5. The first-order chi connectivity index (χ1) is 10.7. The molecule has 0 aliphatic carbocycles. The molecule has 0 aromatic rings. The first-order valence-electron chi connectivity index (χ1n) is 8.39. The quantitative estimate of drug-likeness (QED) is 0.618. The fourth-order valence-corrected chi connectivity index (χ4v) is 1.74. The zero-order valence-electron chi connectivity index (χ0n) is 16.5. The molecule has 0 bridgehead atoms. The zero-order chi connectivity index (χ0) is 19.0. The van der Waals surface area contributed by atoms with Crippen molar-refractivity contribution in [1.82, 2.24) is 16.0 Å². The lowest BCUT2D eigenvalue weighted by atomic mass is 10.1. The molecule has 0 saturated heterocycles.